The van der Waals surface area contributed by atoms with Gasteiger partial charge in [-0.05, 0) is 12.5 Å². The molecule has 4 heteroatoms. The van der Waals surface area contributed by atoms with Gasteiger partial charge >= 0.3 is 0 Å². The normalized spacial score (nSPS) is 9.88. The molecule has 0 aliphatic carbocycles. The van der Waals surface area contributed by atoms with Gasteiger partial charge in [-0.3, -0.25) is 4.79 Å². The molecule has 0 N–H and O–H groups in total. The van der Waals surface area contributed by atoms with E-state index in [9.17, 15) is 4.79 Å². The minimum absolute atomic E-state index is 0.0466. The maximum Gasteiger partial charge on any atom is 0.166 e. The van der Waals surface area contributed by atoms with Crippen molar-refractivity contribution >= 4 is 5.78 Å². The van der Waals surface area contributed by atoms with Crippen LogP contribution in [0.3, 0.4) is 0 Å². The Morgan fingerprint density at radius 2 is 1.53 bits per heavy atom. The number of hydrogen-bond acceptors (Lipinski definition) is 4. The summed E-state index contributed by atoms with van der Waals surface area (Å²) in [5.41, 5.74) is 0.534. The molecule has 0 amide bonds. The zero-order chi connectivity index (χ0) is 12.8. The van der Waals surface area contributed by atoms with Gasteiger partial charge in [0, 0.05) is 12.5 Å². The van der Waals surface area contributed by atoms with E-state index in [4.69, 9.17) is 14.2 Å². The third-order valence-corrected chi connectivity index (χ3v) is 2.48. The highest BCUT2D eigenvalue weighted by Crippen LogP contribution is 2.35. The summed E-state index contributed by atoms with van der Waals surface area (Å²) >= 11 is 0. The molecule has 0 aromatic heterocycles. The highest BCUT2D eigenvalue weighted by atomic mass is 16.5. The summed E-state index contributed by atoms with van der Waals surface area (Å²) in [6, 6.07) is 3.33. The van der Waals surface area contributed by atoms with Gasteiger partial charge in [-0.25, -0.2) is 0 Å². The molecule has 0 saturated carbocycles. The van der Waals surface area contributed by atoms with Crippen molar-refractivity contribution in [1.82, 2.24) is 0 Å². The number of benzene rings is 1. The van der Waals surface area contributed by atoms with E-state index in [1.165, 1.54) is 7.11 Å². The van der Waals surface area contributed by atoms with Gasteiger partial charge in [-0.1, -0.05) is 6.92 Å². The smallest absolute Gasteiger partial charge is 0.166 e. The van der Waals surface area contributed by atoms with Crippen molar-refractivity contribution in [2.75, 3.05) is 21.3 Å². The topological polar surface area (TPSA) is 44.8 Å². The lowest BCUT2D eigenvalue weighted by Gasteiger charge is -2.13. The number of rotatable bonds is 6. The Hall–Kier alpha value is -1.71. The summed E-state index contributed by atoms with van der Waals surface area (Å²) in [6.07, 6.45) is 1.29. The van der Waals surface area contributed by atoms with E-state index in [0.29, 0.717) is 29.2 Å². The molecule has 17 heavy (non-hydrogen) atoms. The number of ketones is 1. The Morgan fingerprint density at radius 3 is 2.00 bits per heavy atom. The molecular formula is C13H18O4. The molecular weight excluding hydrogens is 220 g/mol. The van der Waals surface area contributed by atoms with Crippen molar-refractivity contribution in [3.8, 4) is 17.2 Å². The molecule has 94 valence electrons. The van der Waals surface area contributed by atoms with Gasteiger partial charge in [0.25, 0.3) is 0 Å². The van der Waals surface area contributed by atoms with Crippen LogP contribution in [0.15, 0.2) is 12.1 Å². The first-order valence-electron chi connectivity index (χ1n) is 5.51. The van der Waals surface area contributed by atoms with E-state index in [1.807, 2.05) is 6.92 Å². The molecule has 0 aliphatic heterocycles. The van der Waals surface area contributed by atoms with Crippen molar-refractivity contribution in [3.63, 3.8) is 0 Å². The van der Waals surface area contributed by atoms with Crippen LogP contribution in [0, 0.1) is 0 Å². The van der Waals surface area contributed by atoms with Crippen LogP contribution in [0.2, 0.25) is 0 Å². The molecule has 0 heterocycles. The molecule has 0 atom stereocenters. The van der Waals surface area contributed by atoms with E-state index in [-0.39, 0.29) is 5.78 Å². The van der Waals surface area contributed by atoms with E-state index in [1.54, 1.807) is 26.4 Å². The lowest BCUT2D eigenvalue weighted by Crippen LogP contribution is -2.03. The molecule has 0 bridgehead atoms. The number of ether oxygens (including phenoxy) is 3. The van der Waals surface area contributed by atoms with E-state index < -0.39 is 0 Å². The first-order valence-corrected chi connectivity index (χ1v) is 5.51. The quantitative estimate of drug-likeness (QED) is 0.715. The second kappa shape index (κ2) is 6.13. The van der Waals surface area contributed by atoms with Gasteiger partial charge in [0.1, 0.15) is 5.75 Å². The highest BCUT2D eigenvalue weighted by Gasteiger charge is 2.16. The van der Waals surface area contributed by atoms with Gasteiger partial charge in [0.05, 0.1) is 26.9 Å². The third-order valence-electron chi connectivity index (χ3n) is 2.48. The van der Waals surface area contributed by atoms with Crippen molar-refractivity contribution in [3.05, 3.63) is 17.7 Å². The standard InChI is InChI=1S/C13H18O4/c1-5-6-10(14)9-7-12(16-3)13(17-4)8-11(9)15-2/h7-8H,5-6H2,1-4H3. The Bertz CT molecular complexity index is 399. The summed E-state index contributed by atoms with van der Waals surface area (Å²) in [6.45, 7) is 1.96. The molecule has 1 aromatic rings. The lowest BCUT2D eigenvalue weighted by atomic mass is 10.0. The predicted octanol–water partition coefficient (Wildman–Crippen LogP) is 2.70. The molecule has 0 spiro atoms. The Balaban J connectivity index is 3.23. The van der Waals surface area contributed by atoms with Crippen LogP contribution in [-0.2, 0) is 0 Å². The number of carbonyl (C=O) groups is 1. The monoisotopic (exact) mass is 238 g/mol. The number of methoxy groups -OCH3 is 3. The molecule has 0 unspecified atom stereocenters. The van der Waals surface area contributed by atoms with Crippen LogP contribution in [0.25, 0.3) is 0 Å². The number of Topliss-reactive ketones (excluding diaryl/α,β-unsaturated/α-hetero) is 1. The van der Waals surface area contributed by atoms with Crippen LogP contribution in [0.1, 0.15) is 30.1 Å². The van der Waals surface area contributed by atoms with Gasteiger partial charge < -0.3 is 14.2 Å². The second-order valence-corrected chi connectivity index (χ2v) is 3.58. The summed E-state index contributed by atoms with van der Waals surface area (Å²) in [5.74, 6) is 1.65. The Labute approximate surface area is 101 Å². The largest absolute Gasteiger partial charge is 0.496 e. The molecule has 0 fully saturated rings. The summed E-state index contributed by atoms with van der Waals surface area (Å²) in [7, 11) is 4.62. The molecule has 0 radical (unpaired) electrons. The maximum atomic E-state index is 11.9. The van der Waals surface area contributed by atoms with Gasteiger partial charge in [-0.2, -0.15) is 0 Å². The van der Waals surface area contributed by atoms with E-state index >= 15 is 0 Å². The summed E-state index contributed by atoms with van der Waals surface area (Å²) in [5, 5.41) is 0. The Morgan fingerprint density at radius 1 is 1.00 bits per heavy atom. The van der Waals surface area contributed by atoms with Crippen molar-refractivity contribution in [2.24, 2.45) is 0 Å². The fourth-order valence-corrected chi connectivity index (χ4v) is 1.61. The van der Waals surface area contributed by atoms with E-state index in [2.05, 4.69) is 0 Å². The zero-order valence-electron chi connectivity index (χ0n) is 10.7. The first kappa shape index (κ1) is 13.4. The van der Waals surface area contributed by atoms with Crippen LogP contribution in [0.5, 0.6) is 17.2 Å². The SMILES string of the molecule is CCCC(=O)c1cc(OC)c(OC)cc1OC. The molecule has 4 nitrogen and oxygen atoms in total. The first-order chi connectivity index (χ1) is 8.17. The second-order valence-electron chi connectivity index (χ2n) is 3.58. The van der Waals surface area contributed by atoms with Crippen LogP contribution < -0.4 is 14.2 Å². The van der Waals surface area contributed by atoms with Crippen molar-refractivity contribution in [2.45, 2.75) is 19.8 Å². The third kappa shape index (κ3) is 2.90. The maximum absolute atomic E-state index is 11.9. The van der Waals surface area contributed by atoms with Gasteiger partial charge in [0.2, 0.25) is 0 Å². The molecule has 1 rings (SSSR count). The minimum Gasteiger partial charge on any atom is -0.496 e. The molecule has 0 aliphatic rings. The van der Waals surface area contributed by atoms with E-state index in [0.717, 1.165) is 6.42 Å². The minimum atomic E-state index is 0.0466. The summed E-state index contributed by atoms with van der Waals surface area (Å²) in [4.78, 5) is 11.9. The van der Waals surface area contributed by atoms with Gasteiger partial charge in [0.15, 0.2) is 17.3 Å². The fraction of sp³-hybridized carbons (Fsp3) is 0.462. The average Bonchev–Trinajstić information content (AvgIpc) is 2.37. The van der Waals surface area contributed by atoms with Crippen molar-refractivity contribution in [1.29, 1.82) is 0 Å². The molecule has 1 aromatic carbocycles. The Kier molecular flexibility index (Phi) is 4.82. The zero-order valence-corrected chi connectivity index (χ0v) is 10.7. The highest BCUT2D eigenvalue weighted by molar-refractivity contribution is 5.99. The fourth-order valence-electron chi connectivity index (χ4n) is 1.61. The van der Waals surface area contributed by atoms with Crippen LogP contribution in [0.4, 0.5) is 0 Å². The van der Waals surface area contributed by atoms with Crippen LogP contribution >= 0.6 is 0 Å². The number of carbonyl (C=O) groups excluding carboxylic acids is 1. The lowest BCUT2D eigenvalue weighted by molar-refractivity contribution is 0.0978. The van der Waals surface area contributed by atoms with Crippen LogP contribution in [-0.4, -0.2) is 27.1 Å². The molecule has 0 saturated heterocycles. The summed E-state index contributed by atoms with van der Waals surface area (Å²) < 4.78 is 15.5. The van der Waals surface area contributed by atoms with Crippen molar-refractivity contribution < 1.29 is 19.0 Å². The average molecular weight is 238 g/mol. The predicted molar refractivity (Wildman–Crippen MR) is 65.3 cm³/mol. The number of hydrogen-bond donors (Lipinski definition) is 0. The van der Waals surface area contributed by atoms with Gasteiger partial charge in [-0.15, -0.1) is 0 Å².